The van der Waals surface area contributed by atoms with E-state index in [0.717, 1.165) is 0 Å². The molecule has 0 saturated carbocycles. The van der Waals surface area contributed by atoms with Gasteiger partial charge in [-0.2, -0.15) is 0 Å². The largest absolute Gasteiger partial charge is 4.00 e. The third-order valence-electron chi connectivity index (χ3n) is 3.02. The fraction of sp³-hybridized carbons (Fsp3) is 1.00. The van der Waals surface area contributed by atoms with E-state index in [1.54, 1.807) is 0 Å². The minimum Gasteiger partial charge on any atom is -2.00 e. The molecule has 13 nitrogen and oxygen atoms in total. The predicted octanol–water partition coefficient (Wildman–Crippen LogP) is -13.3. The molecule has 28 heavy (non-hydrogen) atoms. The molecule has 0 aromatic rings. The standard InChI is InChI=1S/2C6H14O6.2Na.O.V/c2*7-1-3(9)5(11)6(12)4(10)2-8;;;;/h2*3-12H,1-2H2;;;;/q;;2*+1;-2;+4. The number of hydrogen-bond acceptors (Lipinski definition) is 12. The Labute approximate surface area is 218 Å². The summed E-state index contributed by atoms with van der Waals surface area (Å²) in [7, 11) is 0. The normalized spacial score (nSPS) is 18.4. The van der Waals surface area contributed by atoms with Gasteiger partial charge in [0.05, 0.1) is 26.4 Å². The molecule has 0 heterocycles. The summed E-state index contributed by atoms with van der Waals surface area (Å²) in [5.41, 5.74) is 0. The Morgan fingerprint density at radius 3 is 0.571 bits per heavy atom. The molecule has 0 amide bonds. The Kier molecular flexibility index (Phi) is 39.7. The molecule has 0 aromatic heterocycles. The van der Waals surface area contributed by atoms with Crippen molar-refractivity contribution in [2.45, 2.75) is 48.8 Å². The fourth-order valence-electron chi connectivity index (χ4n) is 1.34. The van der Waals surface area contributed by atoms with Crippen molar-refractivity contribution in [3.8, 4) is 0 Å². The minimum absolute atomic E-state index is 0. The van der Waals surface area contributed by atoms with Gasteiger partial charge in [-0.25, -0.2) is 0 Å². The Bertz CT molecular complexity index is 255. The van der Waals surface area contributed by atoms with Gasteiger partial charge >= 0.3 is 77.7 Å². The van der Waals surface area contributed by atoms with Crippen molar-refractivity contribution in [1.29, 1.82) is 0 Å². The molecule has 12 N–H and O–H groups in total. The average Bonchev–Trinajstić information content (AvgIpc) is 2.62. The van der Waals surface area contributed by atoms with E-state index in [1.165, 1.54) is 0 Å². The van der Waals surface area contributed by atoms with Crippen LogP contribution in [-0.2, 0) is 24.0 Å². The molecule has 0 aliphatic carbocycles. The molecule has 0 saturated heterocycles. The van der Waals surface area contributed by atoms with E-state index in [4.69, 9.17) is 61.3 Å². The number of aliphatic hydroxyl groups excluding tert-OH is 12. The first-order valence-corrected chi connectivity index (χ1v) is 6.96. The summed E-state index contributed by atoms with van der Waals surface area (Å²) in [6, 6.07) is 0. The molecule has 0 aromatic carbocycles. The van der Waals surface area contributed by atoms with Crippen LogP contribution in [0.2, 0.25) is 0 Å². The fourth-order valence-corrected chi connectivity index (χ4v) is 1.34. The molecule has 0 spiro atoms. The molecule has 0 rings (SSSR count). The van der Waals surface area contributed by atoms with Gasteiger partial charge in [0.25, 0.3) is 0 Å². The van der Waals surface area contributed by atoms with E-state index in [2.05, 4.69) is 0 Å². The molecular formula is C12H28Na2O13V+4. The first kappa shape index (κ1) is 43.9. The van der Waals surface area contributed by atoms with Gasteiger partial charge in [0.15, 0.2) is 0 Å². The van der Waals surface area contributed by atoms with Crippen LogP contribution in [0.15, 0.2) is 0 Å². The van der Waals surface area contributed by atoms with Crippen LogP contribution >= 0.6 is 0 Å². The van der Waals surface area contributed by atoms with Crippen LogP contribution in [-0.4, -0.2) is 137 Å². The minimum atomic E-state index is -1.67. The van der Waals surface area contributed by atoms with Crippen LogP contribution in [0.3, 0.4) is 0 Å². The van der Waals surface area contributed by atoms with Crippen molar-refractivity contribution < 1.29 is 144 Å². The second-order valence-electron chi connectivity index (χ2n) is 4.96. The summed E-state index contributed by atoms with van der Waals surface area (Å²) in [6.45, 7) is -2.90. The molecule has 8 unspecified atom stereocenters. The zero-order valence-electron chi connectivity index (χ0n) is 15.7. The maximum atomic E-state index is 8.96. The van der Waals surface area contributed by atoms with Crippen LogP contribution in [0.1, 0.15) is 0 Å². The first-order valence-electron chi connectivity index (χ1n) is 6.96. The van der Waals surface area contributed by atoms with Crippen molar-refractivity contribution in [2.75, 3.05) is 26.4 Å². The summed E-state index contributed by atoms with van der Waals surface area (Å²) >= 11 is 0. The number of aliphatic hydroxyl groups is 12. The molecule has 0 fully saturated rings. The van der Waals surface area contributed by atoms with Crippen LogP contribution in [0, 0.1) is 0 Å². The van der Waals surface area contributed by atoms with Crippen molar-refractivity contribution in [2.24, 2.45) is 0 Å². The monoisotopic (exact) mass is 477 g/mol. The van der Waals surface area contributed by atoms with Gasteiger partial charge in [-0.1, -0.05) is 0 Å². The van der Waals surface area contributed by atoms with Gasteiger partial charge in [-0.3, -0.25) is 0 Å². The van der Waals surface area contributed by atoms with Gasteiger partial charge < -0.3 is 66.8 Å². The van der Waals surface area contributed by atoms with Crippen molar-refractivity contribution in [3.05, 3.63) is 0 Å². The number of hydrogen-bond donors (Lipinski definition) is 12. The van der Waals surface area contributed by atoms with Gasteiger partial charge in [0.2, 0.25) is 0 Å². The van der Waals surface area contributed by atoms with E-state index in [1.807, 2.05) is 0 Å². The van der Waals surface area contributed by atoms with Crippen LogP contribution in [0.25, 0.3) is 0 Å². The zero-order chi connectivity index (χ0) is 19.4. The van der Waals surface area contributed by atoms with E-state index in [-0.39, 0.29) is 83.1 Å². The third kappa shape index (κ3) is 17.7. The predicted molar refractivity (Wildman–Crippen MR) is 77.1 cm³/mol. The molecule has 16 heteroatoms. The molecule has 8 atom stereocenters. The zero-order valence-corrected chi connectivity index (χ0v) is 21.1. The SMILES string of the molecule is OCC(O)C(O)C(O)C(O)CO.OCC(O)C(O)C(O)C(O)CO.[Na+].[Na+].[O-2].[V+4]. The summed E-state index contributed by atoms with van der Waals surface area (Å²) < 4.78 is 0. The second-order valence-corrected chi connectivity index (χ2v) is 4.96. The average molecular weight is 477 g/mol. The molecule has 157 valence electrons. The van der Waals surface area contributed by atoms with Crippen LogP contribution < -0.4 is 59.1 Å². The van der Waals surface area contributed by atoms with E-state index in [9.17, 15) is 0 Å². The smallest absolute Gasteiger partial charge is 2.00 e. The van der Waals surface area contributed by atoms with Gasteiger partial charge in [0, 0.05) is 0 Å². The van der Waals surface area contributed by atoms with Crippen LogP contribution in [0.5, 0.6) is 0 Å². The molecule has 1 radical (unpaired) electrons. The second kappa shape index (κ2) is 25.3. The quantitative estimate of drug-likeness (QED) is 0.131. The Hall–Kier alpha value is 2.06. The molecular weight excluding hydrogens is 449 g/mol. The van der Waals surface area contributed by atoms with Crippen molar-refractivity contribution in [1.82, 2.24) is 0 Å². The van der Waals surface area contributed by atoms with E-state index >= 15 is 0 Å². The summed E-state index contributed by atoms with van der Waals surface area (Å²) in [5, 5.41) is 104. The maximum Gasteiger partial charge on any atom is 4.00 e. The maximum absolute atomic E-state index is 8.96. The van der Waals surface area contributed by atoms with Crippen molar-refractivity contribution >= 4 is 0 Å². The van der Waals surface area contributed by atoms with Crippen molar-refractivity contribution in [3.63, 3.8) is 0 Å². The third-order valence-corrected chi connectivity index (χ3v) is 3.02. The number of rotatable bonds is 10. The Morgan fingerprint density at radius 2 is 0.500 bits per heavy atom. The topological polar surface area (TPSA) is 271 Å². The summed E-state index contributed by atoms with van der Waals surface area (Å²) in [5.74, 6) is 0. The first-order chi connectivity index (χ1) is 11.1. The molecule has 0 aliphatic rings. The van der Waals surface area contributed by atoms with Gasteiger partial charge in [-0.05, 0) is 0 Å². The van der Waals surface area contributed by atoms with Crippen LogP contribution in [0.4, 0.5) is 0 Å². The van der Waals surface area contributed by atoms with E-state index in [0.29, 0.717) is 0 Å². The van der Waals surface area contributed by atoms with Gasteiger partial charge in [-0.15, -0.1) is 0 Å². The molecule has 0 bridgehead atoms. The van der Waals surface area contributed by atoms with E-state index < -0.39 is 75.3 Å². The Morgan fingerprint density at radius 1 is 0.393 bits per heavy atom. The van der Waals surface area contributed by atoms with Gasteiger partial charge in [0.1, 0.15) is 48.8 Å². The summed E-state index contributed by atoms with van der Waals surface area (Å²) in [6.07, 6.45) is -12.8. The molecule has 0 aliphatic heterocycles. The summed E-state index contributed by atoms with van der Waals surface area (Å²) in [4.78, 5) is 0. The Balaban J connectivity index is -0.0000000756.